The third-order valence-electron chi connectivity index (χ3n) is 4.25. The number of aromatic nitrogens is 1. The molecule has 0 saturated carbocycles. The van der Waals surface area contributed by atoms with E-state index in [-0.39, 0.29) is 11.2 Å². The van der Waals surface area contributed by atoms with Crippen LogP contribution < -0.4 is 10.6 Å². The molecule has 146 valence electrons. The summed E-state index contributed by atoms with van der Waals surface area (Å²) in [5.74, 6) is 0.0152. The average Bonchev–Trinajstić information content (AvgIpc) is 2.79. The quantitative estimate of drug-likeness (QED) is 0.633. The Labute approximate surface area is 175 Å². The van der Waals surface area contributed by atoms with Gasteiger partial charge in [0, 0.05) is 12.7 Å². The number of rotatable bonds is 5. The summed E-state index contributed by atoms with van der Waals surface area (Å²) in [7, 11) is 0. The van der Waals surface area contributed by atoms with E-state index in [1.807, 2.05) is 72.8 Å². The van der Waals surface area contributed by atoms with Crippen LogP contribution in [0.2, 0.25) is 0 Å². The van der Waals surface area contributed by atoms with Crippen LogP contribution in [0.4, 0.5) is 5.69 Å². The SMILES string of the molecule is N#Cc1ccc(CCNCC2Sc3ncccc3NC2=O)cc1.c1ccccc1. The van der Waals surface area contributed by atoms with Crippen LogP contribution >= 0.6 is 11.8 Å². The maximum atomic E-state index is 12.1. The van der Waals surface area contributed by atoms with Crippen LogP contribution in [-0.4, -0.2) is 29.2 Å². The Bertz CT molecular complexity index is 928. The lowest BCUT2D eigenvalue weighted by Gasteiger charge is -2.23. The molecule has 1 aliphatic heterocycles. The first-order valence-corrected chi connectivity index (χ1v) is 10.3. The molecule has 0 radical (unpaired) electrons. The Morgan fingerprint density at radius 1 is 1.03 bits per heavy atom. The number of fused-ring (bicyclic) bond motifs is 1. The molecule has 0 saturated heterocycles. The Morgan fingerprint density at radius 3 is 2.38 bits per heavy atom. The van der Waals surface area contributed by atoms with Crippen molar-refractivity contribution in [3.8, 4) is 6.07 Å². The molecule has 1 atom stereocenters. The van der Waals surface area contributed by atoms with Crippen molar-refractivity contribution in [1.82, 2.24) is 10.3 Å². The van der Waals surface area contributed by atoms with Crippen LogP contribution in [0.15, 0.2) is 84.0 Å². The van der Waals surface area contributed by atoms with E-state index in [2.05, 4.69) is 21.7 Å². The maximum Gasteiger partial charge on any atom is 0.239 e. The minimum Gasteiger partial charge on any atom is -0.323 e. The van der Waals surface area contributed by atoms with Gasteiger partial charge in [-0.05, 0) is 42.8 Å². The smallest absolute Gasteiger partial charge is 0.239 e. The molecule has 3 aromatic rings. The second-order valence-corrected chi connectivity index (χ2v) is 7.56. The van der Waals surface area contributed by atoms with E-state index < -0.39 is 0 Å². The summed E-state index contributed by atoms with van der Waals surface area (Å²) in [6.45, 7) is 1.38. The number of nitrogens with zero attached hydrogens (tertiary/aromatic N) is 2. The Hall–Kier alpha value is -3.14. The molecule has 0 fully saturated rings. The zero-order chi connectivity index (χ0) is 20.3. The molecule has 2 aromatic carbocycles. The van der Waals surface area contributed by atoms with Gasteiger partial charge in [-0.1, -0.05) is 60.3 Å². The Balaban J connectivity index is 0.000000343. The van der Waals surface area contributed by atoms with Gasteiger partial charge < -0.3 is 10.6 Å². The zero-order valence-corrected chi connectivity index (χ0v) is 16.7. The molecule has 29 heavy (non-hydrogen) atoms. The molecule has 5 nitrogen and oxygen atoms in total. The molecule has 1 aromatic heterocycles. The normalized spacial score (nSPS) is 14.6. The van der Waals surface area contributed by atoms with E-state index >= 15 is 0 Å². The number of thioether (sulfide) groups is 1. The highest BCUT2D eigenvalue weighted by atomic mass is 32.2. The van der Waals surface area contributed by atoms with E-state index in [9.17, 15) is 4.79 Å². The molecule has 6 heteroatoms. The van der Waals surface area contributed by atoms with Gasteiger partial charge in [0.2, 0.25) is 5.91 Å². The van der Waals surface area contributed by atoms with E-state index in [0.29, 0.717) is 12.1 Å². The predicted octanol–water partition coefficient (Wildman–Crippen LogP) is 3.88. The van der Waals surface area contributed by atoms with Crippen molar-refractivity contribution >= 4 is 23.4 Å². The number of hydrogen-bond donors (Lipinski definition) is 2. The fourth-order valence-corrected chi connectivity index (χ4v) is 3.72. The minimum absolute atomic E-state index is 0.0152. The number of amides is 1. The lowest BCUT2D eigenvalue weighted by atomic mass is 10.1. The molecule has 0 spiro atoms. The predicted molar refractivity (Wildman–Crippen MR) is 117 cm³/mol. The molecule has 1 amide bonds. The van der Waals surface area contributed by atoms with Crippen LogP contribution in [0.1, 0.15) is 11.1 Å². The molecule has 2 N–H and O–H groups in total. The van der Waals surface area contributed by atoms with Gasteiger partial charge >= 0.3 is 0 Å². The van der Waals surface area contributed by atoms with Crippen molar-refractivity contribution in [2.45, 2.75) is 16.7 Å². The summed E-state index contributed by atoms with van der Waals surface area (Å²) < 4.78 is 0. The third kappa shape index (κ3) is 6.46. The average molecular weight is 403 g/mol. The van der Waals surface area contributed by atoms with Gasteiger partial charge in [0.25, 0.3) is 0 Å². The van der Waals surface area contributed by atoms with Crippen molar-refractivity contribution in [3.63, 3.8) is 0 Å². The number of anilines is 1. The molecule has 0 bridgehead atoms. The molecule has 1 unspecified atom stereocenters. The second kappa shape index (κ2) is 11.0. The fourth-order valence-electron chi connectivity index (χ4n) is 2.71. The number of carbonyl (C=O) groups excluding carboxylic acids is 1. The van der Waals surface area contributed by atoms with Gasteiger partial charge in [0.05, 0.1) is 17.3 Å². The molecule has 1 aliphatic rings. The van der Waals surface area contributed by atoms with Crippen molar-refractivity contribution in [2.24, 2.45) is 0 Å². The summed E-state index contributed by atoms with van der Waals surface area (Å²) in [5, 5.41) is 15.7. The minimum atomic E-state index is -0.168. The van der Waals surface area contributed by atoms with Gasteiger partial charge in [-0.25, -0.2) is 4.98 Å². The third-order valence-corrected chi connectivity index (χ3v) is 5.46. The topological polar surface area (TPSA) is 77.8 Å². The highest BCUT2D eigenvalue weighted by Gasteiger charge is 2.27. The number of nitriles is 1. The number of carbonyl (C=O) groups is 1. The van der Waals surface area contributed by atoms with Crippen molar-refractivity contribution < 1.29 is 4.79 Å². The number of pyridine rings is 1. The van der Waals surface area contributed by atoms with E-state index in [4.69, 9.17) is 5.26 Å². The first-order valence-electron chi connectivity index (χ1n) is 9.38. The largest absolute Gasteiger partial charge is 0.323 e. The molecular formula is C23H22N4OS. The van der Waals surface area contributed by atoms with Gasteiger partial charge in [-0.2, -0.15) is 5.26 Å². The number of nitrogens with one attached hydrogen (secondary N) is 2. The molecular weight excluding hydrogens is 380 g/mol. The molecule has 4 rings (SSSR count). The summed E-state index contributed by atoms with van der Waals surface area (Å²) in [4.78, 5) is 16.4. The van der Waals surface area contributed by atoms with Crippen LogP contribution in [0.3, 0.4) is 0 Å². The van der Waals surface area contributed by atoms with E-state index in [0.717, 1.165) is 23.7 Å². The van der Waals surface area contributed by atoms with Crippen molar-refractivity contribution in [3.05, 3.63) is 90.1 Å². The monoisotopic (exact) mass is 402 g/mol. The lowest BCUT2D eigenvalue weighted by Crippen LogP contribution is -2.38. The van der Waals surface area contributed by atoms with E-state index in [1.165, 1.54) is 17.3 Å². The maximum absolute atomic E-state index is 12.1. The van der Waals surface area contributed by atoms with Gasteiger partial charge in [0.15, 0.2) is 0 Å². The summed E-state index contributed by atoms with van der Waals surface area (Å²) in [5.41, 5.74) is 2.63. The summed E-state index contributed by atoms with van der Waals surface area (Å²) in [6, 6.07) is 25.4. The first kappa shape index (κ1) is 20.6. The van der Waals surface area contributed by atoms with Crippen LogP contribution in [0.25, 0.3) is 0 Å². The van der Waals surface area contributed by atoms with Crippen molar-refractivity contribution in [2.75, 3.05) is 18.4 Å². The van der Waals surface area contributed by atoms with Gasteiger partial charge in [0.1, 0.15) is 10.3 Å². The Morgan fingerprint density at radius 2 is 1.72 bits per heavy atom. The molecule has 0 aliphatic carbocycles. The molecule has 2 heterocycles. The van der Waals surface area contributed by atoms with Gasteiger partial charge in [-0.15, -0.1) is 0 Å². The first-order chi connectivity index (χ1) is 14.3. The van der Waals surface area contributed by atoms with E-state index in [1.54, 1.807) is 6.20 Å². The second-order valence-electron chi connectivity index (χ2n) is 6.37. The fraction of sp³-hybridized carbons (Fsp3) is 0.174. The Kier molecular flexibility index (Phi) is 7.81. The number of benzene rings is 2. The van der Waals surface area contributed by atoms with Crippen LogP contribution in [0.5, 0.6) is 0 Å². The standard InChI is InChI=1S/C17H16N4OS.C6H6/c18-10-13-5-3-12(4-6-13)7-9-19-11-15-16(22)21-14-2-1-8-20-17(14)23-15;1-2-4-6-5-3-1/h1-6,8,15,19H,7,9,11H2,(H,21,22);1-6H. The number of hydrogen-bond acceptors (Lipinski definition) is 5. The summed E-state index contributed by atoms with van der Waals surface area (Å²) >= 11 is 1.49. The lowest BCUT2D eigenvalue weighted by molar-refractivity contribution is -0.115. The zero-order valence-electron chi connectivity index (χ0n) is 15.9. The highest BCUT2D eigenvalue weighted by Crippen LogP contribution is 2.32. The van der Waals surface area contributed by atoms with Crippen LogP contribution in [-0.2, 0) is 11.2 Å². The van der Waals surface area contributed by atoms with Crippen LogP contribution in [0, 0.1) is 11.3 Å². The summed E-state index contributed by atoms with van der Waals surface area (Å²) in [6.07, 6.45) is 2.60. The van der Waals surface area contributed by atoms with Crippen molar-refractivity contribution in [1.29, 1.82) is 5.26 Å². The van der Waals surface area contributed by atoms with Gasteiger partial charge in [-0.3, -0.25) is 4.79 Å². The highest BCUT2D eigenvalue weighted by molar-refractivity contribution is 8.00.